The van der Waals surface area contributed by atoms with Gasteiger partial charge in [0.25, 0.3) is 0 Å². The van der Waals surface area contributed by atoms with Crippen LogP contribution in [0.4, 0.5) is 5.82 Å². The molecule has 1 aliphatic carbocycles. The van der Waals surface area contributed by atoms with Crippen LogP contribution in [0.2, 0.25) is 5.15 Å². The minimum atomic E-state index is 0.583. The van der Waals surface area contributed by atoms with Crippen molar-refractivity contribution in [1.29, 1.82) is 0 Å². The second-order valence-corrected chi connectivity index (χ2v) is 5.52. The molecule has 1 aliphatic rings. The highest BCUT2D eigenvalue weighted by molar-refractivity contribution is 6.30. The van der Waals surface area contributed by atoms with Gasteiger partial charge in [-0.1, -0.05) is 37.8 Å². The lowest BCUT2D eigenvalue weighted by molar-refractivity contribution is 0.303. The molecule has 2 rings (SSSR count). The second kappa shape index (κ2) is 6.37. The smallest absolute Gasteiger partial charge is 0.137 e. The first-order chi connectivity index (χ1) is 8.70. The zero-order valence-electron chi connectivity index (χ0n) is 11.3. The number of aryl methyl sites for hydroxylation is 1. The zero-order chi connectivity index (χ0) is 13.0. The van der Waals surface area contributed by atoms with Crippen LogP contribution in [0.3, 0.4) is 0 Å². The summed E-state index contributed by atoms with van der Waals surface area (Å²) in [6.07, 6.45) is 7.37. The van der Waals surface area contributed by atoms with E-state index >= 15 is 0 Å². The summed E-state index contributed by atoms with van der Waals surface area (Å²) in [5.41, 5.74) is 0.963. The Kier molecular flexibility index (Phi) is 4.81. The van der Waals surface area contributed by atoms with E-state index < -0.39 is 0 Å². The average molecular weight is 268 g/mol. The van der Waals surface area contributed by atoms with E-state index in [1.54, 1.807) is 0 Å². The number of hydrogen-bond donors (Lipinski definition) is 1. The number of rotatable bonds is 6. The third kappa shape index (κ3) is 3.35. The summed E-state index contributed by atoms with van der Waals surface area (Å²) in [4.78, 5) is 8.86. The van der Waals surface area contributed by atoms with Crippen LogP contribution in [0.5, 0.6) is 0 Å². The van der Waals surface area contributed by atoms with Gasteiger partial charge in [0.1, 0.15) is 16.8 Å². The molecule has 0 aliphatic heterocycles. The van der Waals surface area contributed by atoms with Crippen molar-refractivity contribution < 1.29 is 0 Å². The van der Waals surface area contributed by atoms with E-state index in [1.165, 1.54) is 25.7 Å². The quantitative estimate of drug-likeness (QED) is 0.792. The van der Waals surface area contributed by atoms with Gasteiger partial charge in [-0.3, -0.25) is 0 Å². The topological polar surface area (TPSA) is 37.8 Å². The van der Waals surface area contributed by atoms with E-state index in [0.29, 0.717) is 5.15 Å². The van der Waals surface area contributed by atoms with Crippen molar-refractivity contribution in [1.82, 2.24) is 9.97 Å². The molecule has 4 heteroatoms. The number of halogens is 1. The molecule has 18 heavy (non-hydrogen) atoms. The minimum Gasteiger partial charge on any atom is -0.370 e. The molecule has 1 saturated carbocycles. The Hall–Kier alpha value is -0.830. The van der Waals surface area contributed by atoms with Gasteiger partial charge in [-0.2, -0.15) is 0 Å². The second-order valence-electron chi connectivity index (χ2n) is 5.17. The molecule has 1 heterocycles. The number of nitrogens with one attached hydrogen (secondary N) is 1. The first-order valence-corrected chi connectivity index (χ1v) is 7.35. The summed E-state index contributed by atoms with van der Waals surface area (Å²) in [5, 5.41) is 4.00. The van der Waals surface area contributed by atoms with E-state index in [1.807, 2.05) is 6.92 Å². The summed E-state index contributed by atoms with van der Waals surface area (Å²) in [7, 11) is 0. The number of aromatic nitrogens is 2. The fourth-order valence-corrected chi connectivity index (χ4v) is 2.40. The van der Waals surface area contributed by atoms with Gasteiger partial charge in [0.15, 0.2) is 0 Å². The molecule has 0 amide bonds. The van der Waals surface area contributed by atoms with Gasteiger partial charge in [-0.25, -0.2) is 9.97 Å². The SMILES string of the molecule is CCCc1nc(Cl)c(C)c(NCCC2CCC2)n1. The van der Waals surface area contributed by atoms with Gasteiger partial charge in [0.2, 0.25) is 0 Å². The molecular weight excluding hydrogens is 246 g/mol. The molecule has 0 radical (unpaired) electrons. The highest BCUT2D eigenvalue weighted by Gasteiger charge is 2.17. The largest absolute Gasteiger partial charge is 0.370 e. The fraction of sp³-hybridized carbons (Fsp3) is 0.714. The predicted octanol–water partition coefficient (Wildman–Crippen LogP) is 3.99. The summed E-state index contributed by atoms with van der Waals surface area (Å²) < 4.78 is 0. The van der Waals surface area contributed by atoms with Gasteiger partial charge in [-0.15, -0.1) is 0 Å². The van der Waals surface area contributed by atoms with Crippen molar-refractivity contribution in [2.75, 3.05) is 11.9 Å². The van der Waals surface area contributed by atoms with Crippen molar-refractivity contribution >= 4 is 17.4 Å². The minimum absolute atomic E-state index is 0.583. The third-order valence-corrected chi connectivity index (χ3v) is 4.04. The Morgan fingerprint density at radius 1 is 1.33 bits per heavy atom. The molecule has 0 spiro atoms. The van der Waals surface area contributed by atoms with E-state index in [0.717, 1.165) is 42.5 Å². The third-order valence-electron chi connectivity index (χ3n) is 3.68. The molecular formula is C14H22ClN3. The molecule has 1 aromatic heterocycles. The standard InChI is InChI=1S/C14H22ClN3/c1-3-5-12-17-13(15)10(2)14(18-12)16-9-8-11-6-4-7-11/h11H,3-9H2,1-2H3,(H,16,17,18). The highest BCUT2D eigenvalue weighted by Crippen LogP contribution is 2.29. The molecule has 0 bridgehead atoms. The van der Waals surface area contributed by atoms with Crippen LogP contribution in [0.1, 0.15) is 50.4 Å². The molecule has 0 atom stereocenters. The van der Waals surface area contributed by atoms with Crippen LogP contribution in [0.25, 0.3) is 0 Å². The van der Waals surface area contributed by atoms with Gasteiger partial charge < -0.3 is 5.32 Å². The maximum absolute atomic E-state index is 6.14. The first-order valence-electron chi connectivity index (χ1n) is 6.97. The summed E-state index contributed by atoms with van der Waals surface area (Å²) in [6.45, 7) is 5.09. The lowest BCUT2D eigenvalue weighted by Gasteiger charge is -2.25. The summed E-state index contributed by atoms with van der Waals surface area (Å²) in [5.74, 6) is 2.68. The molecule has 0 aromatic carbocycles. The van der Waals surface area contributed by atoms with Crippen LogP contribution in [-0.4, -0.2) is 16.5 Å². The van der Waals surface area contributed by atoms with Crippen molar-refractivity contribution in [3.63, 3.8) is 0 Å². The molecule has 3 nitrogen and oxygen atoms in total. The maximum Gasteiger partial charge on any atom is 0.137 e. The van der Waals surface area contributed by atoms with Crippen LogP contribution >= 0.6 is 11.6 Å². The first kappa shape index (κ1) is 13.6. The Bertz CT molecular complexity index is 402. The Balaban J connectivity index is 1.96. The van der Waals surface area contributed by atoms with Crippen LogP contribution < -0.4 is 5.32 Å². The Morgan fingerprint density at radius 2 is 2.11 bits per heavy atom. The average Bonchev–Trinajstić information content (AvgIpc) is 2.28. The Morgan fingerprint density at radius 3 is 2.72 bits per heavy atom. The van der Waals surface area contributed by atoms with Gasteiger partial charge in [0.05, 0.1) is 0 Å². The van der Waals surface area contributed by atoms with E-state index in [-0.39, 0.29) is 0 Å². The number of hydrogen-bond acceptors (Lipinski definition) is 3. The predicted molar refractivity (Wildman–Crippen MR) is 76.2 cm³/mol. The monoisotopic (exact) mass is 267 g/mol. The fourth-order valence-electron chi connectivity index (χ4n) is 2.22. The highest BCUT2D eigenvalue weighted by atomic mass is 35.5. The molecule has 1 fully saturated rings. The maximum atomic E-state index is 6.14. The van der Waals surface area contributed by atoms with Gasteiger partial charge in [0, 0.05) is 18.5 Å². The van der Waals surface area contributed by atoms with Gasteiger partial charge >= 0.3 is 0 Å². The zero-order valence-corrected chi connectivity index (χ0v) is 12.1. The lowest BCUT2D eigenvalue weighted by atomic mass is 9.83. The van der Waals surface area contributed by atoms with E-state index in [4.69, 9.17) is 11.6 Å². The lowest BCUT2D eigenvalue weighted by Crippen LogP contribution is -2.16. The van der Waals surface area contributed by atoms with Crippen LogP contribution in [0.15, 0.2) is 0 Å². The summed E-state index contributed by atoms with van der Waals surface area (Å²) in [6, 6.07) is 0. The molecule has 0 unspecified atom stereocenters. The Labute approximate surface area is 114 Å². The van der Waals surface area contributed by atoms with Crippen LogP contribution in [-0.2, 0) is 6.42 Å². The van der Waals surface area contributed by atoms with E-state index in [9.17, 15) is 0 Å². The molecule has 100 valence electrons. The normalized spacial score (nSPS) is 15.5. The number of anilines is 1. The van der Waals surface area contributed by atoms with Crippen molar-refractivity contribution in [3.8, 4) is 0 Å². The van der Waals surface area contributed by atoms with Gasteiger partial charge in [-0.05, 0) is 25.7 Å². The number of nitrogens with zero attached hydrogens (tertiary/aromatic N) is 2. The summed E-state index contributed by atoms with van der Waals surface area (Å²) >= 11 is 6.14. The van der Waals surface area contributed by atoms with Crippen LogP contribution in [0, 0.1) is 12.8 Å². The molecule has 0 saturated heterocycles. The molecule has 1 N–H and O–H groups in total. The van der Waals surface area contributed by atoms with E-state index in [2.05, 4.69) is 22.2 Å². The van der Waals surface area contributed by atoms with Crippen molar-refractivity contribution in [2.45, 2.75) is 52.4 Å². The van der Waals surface area contributed by atoms with Crippen molar-refractivity contribution in [3.05, 3.63) is 16.5 Å². The van der Waals surface area contributed by atoms with Crippen molar-refractivity contribution in [2.24, 2.45) is 5.92 Å². The molecule has 1 aromatic rings.